The number of nitrogens with two attached hydrogens (primary N) is 1. The highest BCUT2D eigenvalue weighted by molar-refractivity contribution is 5.38. The lowest BCUT2D eigenvalue weighted by Gasteiger charge is -2.16. The third-order valence-corrected chi connectivity index (χ3v) is 1.98. The van der Waals surface area contributed by atoms with Gasteiger partial charge >= 0.3 is 12.5 Å². The predicted octanol–water partition coefficient (Wildman–Crippen LogP) is 2.77. The van der Waals surface area contributed by atoms with Crippen LogP contribution in [0.25, 0.3) is 0 Å². The average Bonchev–Trinajstić information content (AvgIpc) is 2.17. The second-order valence-corrected chi connectivity index (χ2v) is 3.34. The van der Waals surface area contributed by atoms with Crippen molar-refractivity contribution in [2.75, 3.05) is 0 Å². The first-order valence-electron chi connectivity index (χ1n) is 4.58. The minimum absolute atomic E-state index is 0.341. The van der Waals surface area contributed by atoms with Gasteiger partial charge in [-0.25, -0.2) is 4.98 Å². The normalized spacial score (nSPS) is 12.7. The Balaban J connectivity index is 3.34. The van der Waals surface area contributed by atoms with Crippen LogP contribution in [0, 0.1) is 6.92 Å². The molecule has 0 saturated heterocycles. The summed E-state index contributed by atoms with van der Waals surface area (Å²) in [7, 11) is 0. The largest absolute Gasteiger partial charge is 0.573 e. The van der Waals surface area contributed by atoms with E-state index < -0.39 is 36.1 Å². The Morgan fingerprint density at radius 3 is 2.17 bits per heavy atom. The number of nitrogens with zero attached hydrogens (tertiary/aromatic N) is 1. The molecule has 0 amide bonds. The second-order valence-electron chi connectivity index (χ2n) is 3.34. The smallest absolute Gasteiger partial charge is 0.405 e. The fourth-order valence-electron chi connectivity index (χ4n) is 1.25. The van der Waals surface area contributed by atoms with E-state index in [0.29, 0.717) is 0 Å². The van der Waals surface area contributed by atoms with Crippen molar-refractivity contribution >= 4 is 0 Å². The summed E-state index contributed by atoms with van der Waals surface area (Å²) in [6.45, 7) is 0.411. The Morgan fingerprint density at radius 2 is 1.78 bits per heavy atom. The molecule has 0 aliphatic rings. The highest BCUT2D eigenvalue weighted by Crippen LogP contribution is 2.36. The summed E-state index contributed by atoms with van der Waals surface area (Å²) in [6.07, 6.45) is -9.96. The SMILES string of the molecule is Cc1c(OC(F)(F)F)cc(CN)nc1C(F)(F)F. The minimum atomic E-state index is -5.08. The third-order valence-electron chi connectivity index (χ3n) is 1.98. The molecule has 0 bridgehead atoms. The Morgan fingerprint density at radius 1 is 1.22 bits per heavy atom. The van der Waals surface area contributed by atoms with Gasteiger partial charge in [0.05, 0.1) is 5.69 Å². The van der Waals surface area contributed by atoms with E-state index in [1.807, 2.05) is 0 Å². The summed E-state index contributed by atoms with van der Waals surface area (Å²) < 4.78 is 77.2. The molecule has 0 fully saturated rings. The number of halogens is 6. The Hall–Kier alpha value is -1.51. The summed E-state index contributed by atoms with van der Waals surface area (Å²) in [5.41, 5.74) is 2.56. The number of hydrogen-bond acceptors (Lipinski definition) is 3. The molecule has 18 heavy (non-hydrogen) atoms. The van der Waals surface area contributed by atoms with E-state index in [1.54, 1.807) is 0 Å². The molecule has 0 radical (unpaired) electrons. The van der Waals surface area contributed by atoms with Crippen molar-refractivity contribution in [3.05, 3.63) is 23.0 Å². The number of pyridine rings is 1. The second kappa shape index (κ2) is 4.63. The van der Waals surface area contributed by atoms with Crippen molar-refractivity contribution in [2.24, 2.45) is 5.73 Å². The molecule has 0 unspecified atom stereocenters. The van der Waals surface area contributed by atoms with E-state index in [2.05, 4.69) is 9.72 Å². The zero-order valence-corrected chi connectivity index (χ0v) is 8.99. The fraction of sp³-hybridized carbons (Fsp3) is 0.444. The van der Waals surface area contributed by atoms with Crippen LogP contribution in [0.2, 0.25) is 0 Å². The molecule has 0 aliphatic heterocycles. The van der Waals surface area contributed by atoms with Gasteiger partial charge in [0.15, 0.2) is 5.69 Å². The van der Waals surface area contributed by atoms with E-state index in [0.717, 1.165) is 13.0 Å². The van der Waals surface area contributed by atoms with Crippen molar-refractivity contribution in [2.45, 2.75) is 26.0 Å². The van der Waals surface area contributed by atoms with E-state index in [4.69, 9.17) is 5.73 Å². The summed E-state index contributed by atoms with van der Waals surface area (Å²) in [5, 5.41) is 0. The van der Waals surface area contributed by atoms with Crippen molar-refractivity contribution in [1.29, 1.82) is 0 Å². The zero-order valence-electron chi connectivity index (χ0n) is 8.99. The molecule has 2 N–H and O–H groups in total. The Bertz CT molecular complexity index is 440. The van der Waals surface area contributed by atoms with Crippen molar-refractivity contribution < 1.29 is 31.1 Å². The van der Waals surface area contributed by atoms with Gasteiger partial charge < -0.3 is 10.5 Å². The monoisotopic (exact) mass is 274 g/mol. The lowest BCUT2D eigenvalue weighted by molar-refractivity contribution is -0.275. The predicted molar refractivity (Wildman–Crippen MR) is 48.6 cm³/mol. The summed E-state index contributed by atoms with van der Waals surface area (Å²) in [6, 6.07) is 0.734. The zero-order chi connectivity index (χ0) is 14.1. The van der Waals surface area contributed by atoms with Crippen LogP contribution in [-0.4, -0.2) is 11.3 Å². The molecule has 0 atom stereocenters. The maximum absolute atomic E-state index is 12.5. The summed E-state index contributed by atoms with van der Waals surface area (Å²) in [5.74, 6) is -0.953. The van der Waals surface area contributed by atoms with Gasteiger partial charge in [0, 0.05) is 18.2 Å². The van der Waals surface area contributed by atoms with Crippen LogP contribution >= 0.6 is 0 Å². The maximum Gasteiger partial charge on any atom is 0.573 e. The first-order valence-corrected chi connectivity index (χ1v) is 4.58. The molecule has 1 aromatic rings. The molecule has 1 heterocycles. The molecular weight excluding hydrogens is 266 g/mol. The van der Waals surface area contributed by atoms with E-state index >= 15 is 0 Å². The third kappa shape index (κ3) is 3.49. The molecule has 0 aromatic carbocycles. The first-order chi connectivity index (χ1) is 8.04. The molecule has 0 saturated carbocycles. The van der Waals surface area contributed by atoms with Gasteiger partial charge in [-0.15, -0.1) is 13.2 Å². The lowest BCUT2D eigenvalue weighted by Crippen LogP contribution is -2.21. The molecule has 1 aromatic heterocycles. The Labute approximate surface area is 97.6 Å². The molecule has 3 nitrogen and oxygen atoms in total. The fourth-order valence-corrected chi connectivity index (χ4v) is 1.25. The van der Waals surface area contributed by atoms with E-state index in [9.17, 15) is 26.3 Å². The Kier molecular flexibility index (Phi) is 3.75. The molecule has 0 aliphatic carbocycles. The minimum Gasteiger partial charge on any atom is -0.405 e. The van der Waals surface area contributed by atoms with Crippen molar-refractivity contribution in [1.82, 2.24) is 4.98 Å². The summed E-state index contributed by atoms with van der Waals surface area (Å²) in [4.78, 5) is 3.16. The topological polar surface area (TPSA) is 48.1 Å². The molecular formula is C9H8F6N2O. The van der Waals surface area contributed by atoms with Crippen molar-refractivity contribution in [3.63, 3.8) is 0 Å². The molecule has 102 valence electrons. The average molecular weight is 274 g/mol. The van der Waals surface area contributed by atoms with Crippen LogP contribution in [0.4, 0.5) is 26.3 Å². The highest BCUT2D eigenvalue weighted by Gasteiger charge is 2.38. The van der Waals surface area contributed by atoms with Crippen molar-refractivity contribution in [3.8, 4) is 5.75 Å². The summed E-state index contributed by atoms with van der Waals surface area (Å²) >= 11 is 0. The number of aromatic nitrogens is 1. The van der Waals surface area contributed by atoms with Gasteiger partial charge in [0.2, 0.25) is 0 Å². The van der Waals surface area contributed by atoms with Crippen LogP contribution in [0.15, 0.2) is 6.07 Å². The highest BCUT2D eigenvalue weighted by atomic mass is 19.4. The van der Waals surface area contributed by atoms with Gasteiger partial charge in [-0.2, -0.15) is 13.2 Å². The van der Waals surface area contributed by atoms with Crippen LogP contribution in [0.5, 0.6) is 5.75 Å². The van der Waals surface area contributed by atoms with E-state index in [1.165, 1.54) is 0 Å². The quantitative estimate of drug-likeness (QED) is 0.843. The van der Waals surface area contributed by atoms with Gasteiger partial charge in [-0.05, 0) is 6.92 Å². The number of rotatable bonds is 2. The van der Waals surface area contributed by atoms with Crippen LogP contribution < -0.4 is 10.5 Å². The van der Waals surface area contributed by atoms with Gasteiger partial charge in [-0.1, -0.05) is 0 Å². The number of ether oxygens (including phenoxy) is 1. The van der Waals surface area contributed by atoms with Gasteiger partial charge in [0.1, 0.15) is 5.75 Å². The van der Waals surface area contributed by atoms with E-state index in [-0.39, 0.29) is 5.69 Å². The maximum atomic E-state index is 12.5. The van der Waals surface area contributed by atoms with Gasteiger partial charge in [-0.3, -0.25) is 0 Å². The molecule has 1 rings (SSSR count). The van der Waals surface area contributed by atoms with Gasteiger partial charge in [0.25, 0.3) is 0 Å². The standard InChI is InChI=1S/C9H8F6N2O/c1-4-6(18-9(13,14)15)2-5(3-16)17-7(4)8(10,11)12/h2H,3,16H2,1H3. The number of alkyl halides is 6. The van der Waals surface area contributed by atoms with Crippen LogP contribution in [0.1, 0.15) is 17.0 Å². The molecule has 9 heteroatoms. The van der Waals surface area contributed by atoms with Crippen LogP contribution in [-0.2, 0) is 12.7 Å². The number of hydrogen-bond donors (Lipinski definition) is 1. The van der Waals surface area contributed by atoms with Crippen LogP contribution in [0.3, 0.4) is 0 Å². The first kappa shape index (κ1) is 14.6. The lowest BCUT2D eigenvalue weighted by atomic mass is 10.1. The molecule has 0 spiro atoms.